The van der Waals surface area contributed by atoms with Gasteiger partial charge in [-0.25, -0.2) is 12.8 Å². The van der Waals surface area contributed by atoms with Gasteiger partial charge in [0.25, 0.3) is 5.91 Å². The average Bonchev–Trinajstić information content (AvgIpc) is 2.71. The van der Waals surface area contributed by atoms with Crippen LogP contribution in [0.3, 0.4) is 0 Å². The number of hydrogen-bond donors (Lipinski definition) is 1. The predicted octanol–water partition coefficient (Wildman–Crippen LogP) is 3.78. The summed E-state index contributed by atoms with van der Waals surface area (Å²) < 4.78 is 39.6. The molecule has 3 aromatic rings. The number of halogens is 1. The fourth-order valence-corrected chi connectivity index (χ4v) is 4.58. The SMILES string of the molecule is Cc1ccc(C(=O)NCC(c2cccnc2)S(=O)(=O)c2ccc(F)cc2)cc1C. The highest BCUT2D eigenvalue weighted by Crippen LogP contribution is 2.28. The minimum atomic E-state index is -3.89. The molecule has 0 bridgehead atoms. The molecule has 0 radical (unpaired) electrons. The number of pyridine rings is 1. The Labute approximate surface area is 169 Å². The van der Waals surface area contributed by atoms with E-state index in [4.69, 9.17) is 0 Å². The average molecular weight is 412 g/mol. The van der Waals surface area contributed by atoms with Crippen molar-refractivity contribution < 1.29 is 17.6 Å². The Hall–Kier alpha value is -3.06. The van der Waals surface area contributed by atoms with Gasteiger partial charge in [-0.3, -0.25) is 9.78 Å². The Balaban J connectivity index is 1.89. The van der Waals surface area contributed by atoms with Gasteiger partial charge in [-0.05, 0) is 73.0 Å². The first-order chi connectivity index (χ1) is 13.8. The van der Waals surface area contributed by atoms with Crippen LogP contribution in [0.2, 0.25) is 0 Å². The number of nitrogens with zero attached hydrogens (tertiary/aromatic N) is 1. The van der Waals surface area contributed by atoms with Gasteiger partial charge in [0.15, 0.2) is 9.84 Å². The van der Waals surface area contributed by atoms with E-state index >= 15 is 0 Å². The highest BCUT2D eigenvalue weighted by atomic mass is 32.2. The molecule has 2 aromatic carbocycles. The van der Waals surface area contributed by atoms with Gasteiger partial charge in [0.05, 0.1) is 4.90 Å². The van der Waals surface area contributed by atoms with Gasteiger partial charge < -0.3 is 5.32 Å². The van der Waals surface area contributed by atoms with E-state index in [9.17, 15) is 17.6 Å². The van der Waals surface area contributed by atoms with Gasteiger partial charge >= 0.3 is 0 Å². The van der Waals surface area contributed by atoms with E-state index in [0.717, 1.165) is 23.3 Å². The molecule has 150 valence electrons. The Morgan fingerprint density at radius 1 is 1.07 bits per heavy atom. The maximum absolute atomic E-state index is 13.2. The van der Waals surface area contributed by atoms with Crippen LogP contribution in [0.15, 0.2) is 71.9 Å². The maximum Gasteiger partial charge on any atom is 0.251 e. The zero-order valence-electron chi connectivity index (χ0n) is 16.1. The third-order valence-electron chi connectivity index (χ3n) is 4.79. The number of amides is 1. The summed E-state index contributed by atoms with van der Waals surface area (Å²) in [5.41, 5.74) is 2.93. The molecular weight excluding hydrogens is 391 g/mol. The summed E-state index contributed by atoms with van der Waals surface area (Å²) in [4.78, 5) is 16.6. The lowest BCUT2D eigenvalue weighted by Gasteiger charge is -2.19. The molecule has 0 aliphatic heterocycles. The van der Waals surface area contributed by atoms with Crippen molar-refractivity contribution in [2.24, 2.45) is 0 Å². The van der Waals surface area contributed by atoms with Crippen molar-refractivity contribution in [3.63, 3.8) is 0 Å². The fourth-order valence-electron chi connectivity index (χ4n) is 2.93. The quantitative estimate of drug-likeness (QED) is 0.625. The molecule has 29 heavy (non-hydrogen) atoms. The number of nitrogens with one attached hydrogen (secondary N) is 1. The third kappa shape index (κ3) is 4.68. The lowest BCUT2D eigenvalue weighted by molar-refractivity contribution is 0.0953. The summed E-state index contributed by atoms with van der Waals surface area (Å²) in [6.07, 6.45) is 2.99. The molecule has 0 saturated carbocycles. The molecule has 1 amide bonds. The van der Waals surface area contributed by atoms with Crippen LogP contribution < -0.4 is 5.32 Å². The van der Waals surface area contributed by atoms with Gasteiger partial charge in [0.2, 0.25) is 0 Å². The number of aryl methyl sites for hydroxylation is 2. The number of carbonyl (C=O) groups excluding carboxylic acids is 1. The lowest BCUT2D eigenvalue weighted by Crippen LogP contribution is -2.32. The van der Waals surface area contributed by atoms with Crippen LogP contribution in [0.1, 0.15) is 32.3 Å². The number of hydrogen-bond acceptors (Lipinski definition) is 4. The number of aromatic nitrogens is 1. The second-order valence-electron chi connectivity index (χ2n) is 6.78. The third-order valence-corrected chi connectivity index (χ3v) is 6.91. The van der Waals surface area contributed by atoms with Crippen molar-refractivity contribution in [1.82, 2.24) is 10.3 Å². The van der Waals surface area contributed by atoms with E-state index < -0.39 is 20.9 Å². The van der Waals surface area contributed by atoms with Gasteiger partial charge in [-0.1, -0.05) is 12.1 Å². The first-order valence-electron chi connectivity index (χ1n) is 9.04. The molecule has 0 spiro atoms. The Bertz CT molecular complexity index is 1110. The largest absolute Gasteiger partial charge is 0.350 e. The molecule has 3 rings (SSSR count). The molecule has 1 aromatic heterocycles. The maximum atomic E-state index is 13.2. The van der Waals surface area contributed by atoms with Crippen LogP contribution in [0.25, 0.3) is 0 Å². The van der Waals surface area contributed by atoms with E-state index in [1.165, 1.54) is 18.3 Å². The van der Waals surface area contributed by atoms with Crippen LogP contribution in [0, 0.1) is 19.7 Å². The summed E-state index contributed by atoms with van der Waals surface area (Å²) in [6, 6.07) is 13.2. The number of benzene rings is 2. The molecule has 1 atom stereocenters. The standard InChI is InChI=1S/C22H21FN2O3S/c1-15-5-6-17(12-16(15)2)22(26)25-14-21(18-4-3-11-24-13-18)29(27,28)20-9-7-19(23)8-10-20/h3-13,21H,14H2,1-2H3,(H,25,26). The minimum absolute atomic E-state index is 0.0202. The highest BCUT2D eigenvalue weighted by Gasteiger charge is 2.30. The molecule has 0 aliphatic rings. The molecule has 0 fully saturated rings. The number of sulfone groups is 1. The van der Waals surface area contributed by atoms with Gasteiger partial charge in [-0.2, -0.15) is 0 Å². The van der Waals surface area contributed by atoms with Crippen molar-refractivity contribution in [3.05, 3.63) is 95.1 Å². The van der Waals surface area contributed by atoms with Crippen LogP contribution in [0.4, 0.5) is 4.39 Å². The molecular formula is C22H21FN2O3S. The summed E-state index contributed by atoms with van der Waals surface area (Å²) in [6.45, 7) is 3.71. The van der Waals surface area contributed by atoms with Gasteiger partial charge in [-0.15, -0.1) is 0 Å². The van der Waals surface area contributed by atoms with E-state index in [1.54, 1.807) is 30.5 Å². The summed E-state index contributed by atoms with van der Waals surface area (Å²) in [7, 11) is -3.89. The first kappa shape index (κ1) is 20.7. The van der Waals surface area contributed by atoms with Crippen LogP contribution in [-0.2, 0) is 9.84 Å². The second kappa shape index (κ2) is 8.53. The molecule has 5 nitrogen and oxygen atoms in total. The normalized spacial score (nSPS) is 12.4. The monoisotopic (exact) mass is 412 g/mol. The van der Waals surface area contributed by atoms with E-state index in [2.05, 4.69) is 10.3 Å². The zero-order chi connectivity index (χ0) is 21.0. The number of rotatable bonds is 6. The smallest absolute Gasteiger partial charge is 0.251 e. The van der Waals surface area contributed by atoms with Crippen molar-refractivity contribution >= 4 is 15.7 Å². The summed E-state index contributed by atoms with van der Waals surface area (Å²) in [5, 5.41) is 1.65. The predicted molar refractivity (Wildman–Crippen MR) is 109 cm³/mol. The lowest BCUT2D eigenvalue weighted by atomic mass is 10.1. The molecule has 0 aliphatic carbocycles. The van der Waals surface area contributed by atoms with Crippen LogP contribution in [-0.4, -0.2) is 25.9 Å². The van der Waals surface area contributed by atoms with Crippen LogP contribution in [0.5, 0.6) is 0 Å². The molecule has 1 N–H and O–H groups in total. The highest BCUT2D eigenvalue weighted by molar-refractivity contribution is 7.91. The Morgan fingerprint density at radius 3 is 2.41 bits per heavy atom. The molecule has 1 unspecified atom stereocenters. The Morgan fingerprint density at radius 2 is 1.79 bits per heavy atom. The topological polar surface area (TPSA) is 76.1 Å². The van der Waals surface area contributed by atoms with Crippen molar-refractivity contribution in [2.45, 2.75) is 24.0 Å². The van der Waals surface area contributed by atoms with Crippen molar-refractivity contribution in [1.29, 1.82) is 0 Å². The minimum Gasteiger partial charge on any atom is -0.350 e. The number of carbonyl (C=O) groups is 1. The Kier molecular flexibility index (Phi) is 6.08. The fraction of sp³-hybridized carbons (Fsp3) is 0.182. The van der Waals surface area contributed by atoms with Crippen molar-refractivity contribution in [3.8, 4) is 0 Å². The zero-order valence-corrected chi connectivity index (χ0v) is 16.9. The molecule has 1 heterocycles. The van der Waals surface area contributed by atoms with E-state index in [0.29, 0.717) is 11.1 Å². The van der Waals surface area contributed by atoms with Gasteiger partial charge in [0, 0.05) is 24.5 Å². The van der Waals surface area contributed by atoms with E-state index in [1.807, 2.05) is 19.9 Å². The molecule has 7 heteroatoms. The van der Waals surface area contributed by atoms with Gasteiger partial charge in [0.1, 0.15) is 11.1 Å². The summed E-state index contributed by atoms with van der Waals surface area (Å²) >= 11 is 0. The van der Waals surface area contributed by atoms with E-state index in [-0.39, 0.29) is 17.3 Å². The summed E-state index contributed by atoms with van der Waals surface area (Å²) in [5.74, 6) is -0.888. The van der Waals surface area contributed by atoms with Crippen molar-refractivity contribution in [2.75, 3.05) is 6.54 Å². The van der Waals surface area contributed by atoms with Crippen LogP contribution >= 0.6 is 0 Å². The first-order valence-corrected chi connectivity index (χ1v) is 10.6. The second-order valence-corrected chi connectivity index (χ2v) is 8.91. The molecule has 0 saturated heterocycles.